The molecule has 0 aliphatic rings. The van der Waals surface area contributed by atoms with Gasteiger partial charge in [-0.25, -0.2) is 0 Å². The predicted molar refractivity (Wildman–Crippen MR) is 98.0 cm³/mol. The first-order valence-corrected chi connectivity index (χ1v) is 9.08. The molecule has 0 spiro atoms. The van der Waals surface area contributed by atoms with E-state index in [4.69, 9.17) is 0 Å². The van der Waals surface area contributed by atoms with Crippen molar-refractivity contribution in [2.75, 3.05) is 0 Å². The van der Waals surface area contributed by atoms with Gasteiger partial charge in [0.15, 0.2) is 6.04 Å². The van der Waals surface area contributed by atoms with Gasteiger partial charge in [0.25, 0.3) is 5.69 Å². The highest BCUT2D eigenvalue weighted by Crippen LogP contribution is 2.36. The molecule has 0 aliphatic heterocycles. The summed E-state index contributed by atoms with van der Waals surface area (Å²) in [4.78, 5) is 23.1. The SMILES string of the molecule is Cc1nn(C)c(C)c1[C@H](NC(=O)[C@@H](C)Sc1ccc([N+](=O)[O-])cc1)C(F)(F)F. The van der Waals surface area contributed by atoms with Crippen LogP contribution in [0.5, 0.6) is 0 Å². The maximum atomic E-state index is 13.6. The Bertz CT molecular complexity index is 881. The average Bonchev–Trinajstić information content (AvgIpc) is 2.84. The van der Waals surface area contributed by atoms with Crippen LogP contribution in [-0.4, -0.2) is 32.0 Å². The van der Waals surface area contributed by atoms with E-state index in [0.717, 1.165) is 11.8 Å². The third-order valence-electron chi connectivity index (χ3n) is 4.20. The van der Waals surface area contributed by atoms with Gasteiger partial charge in [-0.2, -0.15) is 18.3 Å². The largest absolute Gasteiger partial charge is 0.413 e. The molecule has 1 heterocycles. The number of nitro benzene ring substituents is 1. The van der Waals surface area contributed by atoms with Crippen LogP contribution in [0.25, 0.3) is 0 Å². The first kappa shape index (κ1) is 21.7. The fourth-order valence-corrected chi connectivity index (χ4v) is 3.57. The molecular formula is C17H19F3N4O3S. The van der Waals surface area contributed by atoms with Crippen molar-refractivity contribution in [3.8, 4) is 0 Å². The van der Waals surface area contributed by atoms with Crippen molar-refractivity contribution in [3.63, 3.8) is 0 Å². The zero-order valence-electron chi connectivity index (χ0n) is 15.6. The number of nitrogens with zero attached hydrogens (tertiary/aromatic N) is 3. The van der Waals surface area contributed by atoms with Crippen LogP contribution in [0.3, 0.4) is 0 Å². The molecule has 11 heteroatoms. The van der Waals surface area contributed by atoms with Crippen molar-refractivity contribution in [3.05, 3.63) is 51.3 Å². The lowest BCUT2D eigenvalue weighted by Crippen LogP contribution is -2.42. The summed E-state index contributed by atoms with van der Waals surface area (Å²) in [6.45, 7) is 4.44. The lowest BCUT2D eigenvalue weighted by atomic mass is 10.0. The van der Waals surface area contributed by atoms with E-state index < -0.39 is 28.3 Å². The van der Waals surface area contributed by atoms with Gasteiger partial charge in [0.1, 0.15) is 0 Å². The first-order chi connectivity index (χ1) is 12.9. The molecule has 0 saturated carbocycles. The Balaban J connectivity index is 2.18. The summed E-state index contributed by atoms with van der Waals surface area (Å²) in [6.07, 6.45) is -4.69. The van der Waals surface area contributed by atoms with Gasteiger partial charge in [0.05, 0.1) is 15.9 Å². The second-order valence-electron chi connectivity index (χ2n) is 6.20. The van der Waals surface area contributed by atoms with Gasteiger partial charge in [0.2, 0.25) is 5.91 Å². The summed E-state index contributed by atoms with van der Waals surface area (Å²) >= 11 is 1.01. The lowest BCUT2D eigenvalue weighted by molar-refractivity contribution is -0.384. The number of aromatic nitrogens is 2. The molecule has 1 aromatic heterocycles. The predicted octanol–water partition coefficient (Wildman–Crippen LogP) is 3.85. The van der Waals surface area contributed by atoms with Crippen molar-refractivity contribution in [1.82, 2.24) is 15.1 Å². The third kappa shape index (κ3) is 4.83. The number of nitrogens with one attached hydrogen (secondary N) is 1. The Hall–Kier alpha value is -2.56. The number of carbonyl (C=O) groups excluding carboxylic acids is 1. The zero-order chi connectivity index (χ0) is 21.2. The van der Waals surface area contributed by atoms with Gasteiger partial charge in [-0.15, -0.1) is 11.8 Å². The van der Waals surface area contributed by atoms with E-state index >= 15 is 0 Å². The number of nitro groups is 1. The van der Waals surface area contributed by atoms with E-state index in [-0.39, 0.29) is 16.9 Å². The Morgan fingerprint density at radius 2 is 1.86 bits per heavy atom. The molecule has 0 aliphatic carbocycles. The van der Waals surface area contributed by atoms with Crippen molar-refractivity contribution in [1.29, 1.82) is 0 Å². The molecular weight excluding hydrogens is 397 g/mol. The van der Waals surface area contributed by atoms with Gasteiger partial charge < -0.3 is 5.32 Å². The highest BCUT2D eigenvalue weighted by molar-refractivity contribution is 8.00. The number of alkyl halides is 3. The number of non-ortho nitro benzene ring substituents is 1. The van der Waals surface area contributed by atoms with Gasteiger partial charge in [0, 0.05) is 35.3 Å². The van der Waals surface area contributed by atoms with Gasteiger partial charge in [-0.3, -0.25) is 19.6 Å². The molecule has 0 bridgehead atoms. The van der Waals surface area contributed by atoms with E-state index in [2.05, 4.69) is 10.4 Å². The lowest BCUT2D eigenvalue weighted by Gasteiger charge is -2.24. The summed E-state index contributed by atoms with van der Waals surface area (Å²) in [6, 6.07) is 3.27. The van der Waals surface area contributed by atoms with Crippen LogP contribution in [0.1, 0.15) is 29.9 Å². The van der Waals surface area contributed by atoms with E-state index in [0.29, 0.717) is 10.6 Å². The number of aryl methyl sites for hydroxylation is 2. The monoisotopic (exact) mass is 416 g/mol. The summed E-state index contributed by atoms with van der Waals surface area (Å²) < 4.78 is 42.2. The molecule has 2 rings (SSSR count). The minimum Gasteiger partial charge on any atom is -0.340 e. The second kappa shape index (κ2) is 8.21. The average molecular weight is 416 g/mol. The molecule has 2 aromatic rings. The first-order valence-electron chi connectivity index (χ1n) is 8.20. The van der Waals surface area contributed by atoms with Crippen molar-refractivity contribution < 1.29 is 22.9 Å². The van der Waals surface area contributed by atoms with Crippen molar-refractivity contribution >= 4 is 23.4 Å². The van der Waals surface area contributed by atoms with E-state index in [1.807, 2.05) is 0 Å². The van der Waals surface area contributed by atoms with Crippen LogP contribution in [0.15, 0.2) is 29.2 Å². The van der Waals surface area contributed by atoms with Crippen LogP contribution in [0, 0.1) is 24.0 Å². The van der Waals surface area contributed by atoms with Crippen LogP contribution < -0.4 is 5.32 Å². The highest BCUT2D eigenvalue weighted by atomic mass is 32.2. The normalized spacial score (nSPS) is 13.8. The number of rotatable bonds is 6. The number of thioether (sulfide) groups is 1. The van der Waals surface area contributed by atoms with Crippen LogP contribution in [0.2, 0.25) is 0 Å². The van der Waals surface area contributed by atoms with Gasteiger partial charge >= 0.3 is 6.18 Å². The maximum Gasteiger partial charge on any atom is 0.413 e. The number of benzene rings is 1. The number of hydrogen-bond donors (Lipinski definition) is 1. The Morgan fingerprint density at radius 1 is 1.29 bits per heavy atom. The van der Waals surface area contributed by atoms with Crippen molar-refractivity contribution in [2.45, 2.75) is 43.1 Å². The Morgan fingerprint density at radius 3 is 2.29 bits per heavy atom. The zero-order valence-corrected chi connectivity index (χ0v) is 16.4. The smallest absolute Gasteiger partial charge is 0.340 e. The molecule has 1 N–H and O–H groups in total. The number of amides is 1. The molecule has 28 heavy (non-hydrogen) atoms. The summed E-state index contributed by atoms with van der Waals surface area (Å²) in [5.74, 6) is -0.798. The number of halogens is 3. The van der Waals surface area contributed by atoms with Crippen LogP contribution in [0.4, 0.5) is 18.9 Å². The quantitative estimate of drug-likeness (QED) is 0.439. The molecule has 0 radical (unpaired) electrons. The Kier molecular flexibility index (Phi) is 6.37. The molecule has 1 aromatic carbocycles. The Labute approximate surface area is 163 Å². The molecule has 0 unspecified atom stereocenters. The number of hydrogen-bond acceptors (Lipinski definition) is 5. The third-order valence-corrected chi connectivity index (χ3v) is 5.31. The maximum absolute atomic E-state index is 13.6. The molecule has 0 fully saturated rings. The molecule has 0 saturated heterocycles. The standard InChI is InChI=1S/C17H19F3N4O3S/c1-9-14(10(2)23(4)22-9)15(17(18,19)20)21-16(25)11(3)28-13-7-5-12(6-8-13)24(26)27/h5-8,11,15H,1-4H3,(H,21,25)/t11-,15+/m1/s1. The van der Waals surface area contributed by atoms with E-state index in [1.54, 1.807) is 0 Å². The molecule has 1 amide bonds. The van der Waals surface area contributed by atoms with E-state index in [9.17, 15) is 28.1 Å². The van der Waals surface area contributed by atoms with Crippen molar-refractivity contribution in [2.24, 2.45) is 7.05 Å². The minimum absolute atomic E-state index is 0.0733. The van der Waals surface area contributed by atoms with Crippen LogP contribution in [-0.2, 0) is 11.8 Å². The highest BCUT2D eigenvalue weighted by Gasteiger charge is 2.45. The summed E-state index contributed by atoms with van der Waals surface area (Å²) in [5, 5.41) is 15.9. The fraction of sp³-hybridized carbons (Fsp3) is 0.412. The summed E-state index contributed by atoms with van der Waals surface area (Å²) in [5.41, 5.74) is 0.325. The number of carbonyl (C=O) groups is 1. The van der Waals surface area contributed by atoms with Crippen LogP contribution >= 0.6 is 11.8 Å². The molecule has 7 nitrogen and oxygen atoms in total. The second-order valence-corrected chi connectivity index (χ2v) is 7.62. The summed E-state index contributed by atoms with van der Waals surface area (Å²) in [7, 11) is 1.54. The molecule has 152 valence electrons. The topological polar surface area (TPSA) is 90.1 Å². The minimum atomic E-state index is -4.69. The fourth-order valence-electron chi connectivity index (χ4n) is 2.69. The molecule has 2 atom stereocenters. The van der Waals surface area contributed by atoms with Gasteiger partial charge in [-0.05, 0) is 32.9 Å². The van der Waals surface area contributed by atoms with E-state index in [1.165, 1.54) is 56.8 Å². The van der Waals surface area contributed by atoms with Gasteiger partial charge in [-0.1, -0.05) is 0 Å².